The molecule has 1 aliphatic carbocycles. The minimum atomic E-state index is 0.357. The third-order valence-electron chi connectivity index (χ3n) is 3.94. The van der Waals surface area contributed by atoms with E-state index in [4.69, 9.17) is 5.73 Å². The van der Waals surface area contributed by atoms with Crippen molar-refractivity contribution >= 4 is 17.6 Å². The van der Waals surface area contributed by atoms with E-state index in [1.165, 1.54) is 32.1 Å². The number of hydrogen-bond donors (Lipinski definition) is 2. The average Bonchev–Trinajstić information content (AvgIpc) is 2.46. The zero-order valence-corrected chi connectivity index (χ0v) is 12.7. The topological polar surface area (TPSA) is 67.1 Å². The van der Waals surface area contributed by atoms with Crippen LogP contribution in [0.25, 0.3) is 0 Å². The van der Waals surface area contributed by atoms with Crippen LogP contribution in [-0.2, 0) is 0 Å². The molecule has 0 aliphatic heterocycles. The number of nitrogens with zero attached hydrogens (tertiary/aromatic N) is 3. The molecule has 0 spiro atoms. The summed E-state index contributed by atoms with van der Waals surface area (Å²) in [6.07, 6.45) is 7.60. The summed E-state index contributed by atoms with van der Waals surface area (Å²) in [5.41, 5.74) is 5.86. The Balaban J connectivity index is 2.17. The molecule has 5 heteroatoms. The zero-order valence-electron chi connectivity index (χ0n) is 12.7. The van der Waals surface area contributed by atoms with Gasteiger partial charge in [0.05, 0.1) is 0 Å². The zero-order chi connectivity index (χ0) is 14.4. The van der Waals surface area contributed by atoms with Gasteiger partial charge in [-0.25, -0.2) is 0 Å². The lowest BCUT2D eigenvalue weighted by molar-refractivity contribution is 0.416. The summed E-state index contributed by atoms with van der Waals surface area (Å²) < 4.78 is 0. The van der Waals surface area contributed by atoms with E-state index in [0.29, 0.717) is 12.0 Å². The van der Waals surface area contributed by atoms with Crippen molar-refractivity contribution in [3.8, 4) is 0 Å². The number of rotatable bonds is 6. The van der Waals surface area contributed by atoms with Crippen LogP contribution in [0.2, 0.25) is 0 Å². The summed E-state index contributed by atoms with van der Waals surface area (Å²) in [7, 11) is 0. The third kappa shape index (κ3) is 3.74. The Kier molecular flexibility index (Phi) is 5.44. The summed E-state index contributed by atoms with van der Waals surface area (Å²) in [5, 5.41) is 3.30. The Morgan fingerprint density at radius 3 is 2.65 bits per heavy atom. The molecule has 3 N–H and O–H groups in total. The molecule has 1 saturated carbocycles. The Labute approximate surface area is 122 Å². The number of nitrogens with one attached hydrogen (secondary N) is 1. The number of nitrogens with two attached hydrogens (primary N) is 1. The van der Waals surface area contributed by atoms with E-state index in [0.717, 1.165) is 31.1 Å². The molecule has 0 unspecified atom stereocenters. The van der Waals surface area contributed by atoms with Gasteiger partial charge in [-0.15, -0.1) is 0 Å². The van der Waals surface area contributed by atoms with Gasteiger partial charge in [0, 0.05) is 25.2 Å². The molecule has 0 saturated heterocycles. The molecule has 0 radical (unpaired) electrons. The molecule has 0 aromatic carbocycles. The van der Waals surface area contributed by atoms with Crippen molar-refractivity contribution in [1.82, 2.24) is 9.97 Å². The normalized spacial score (nSPS) is 16.1. The van der Waals surface area contributed by atoms with Gasteiger partial charge in [0.25, 0.3) is 0 Å². The van der Waals surface area contributed by atoms with Gasteiger partial charge in [0.2, 0.25) is 5.95 Å². The predicted molar refractivity (Wildman–Crippen MR) is 85.1 cm³/mol. The molecule has 2 rings (SSSR count). The lowest BCUT2D eigenvalue weighted by Crippen LogP contribution is -2.37. The van der Waals surface area contributed by atoms with Crippen LogP contribution in [0, 0.1) is 0 Å². The van der Waals surface area contributed by atoms with Crippen LogP contribution in [0.3, 0.4) is 0 Å². The molecule has 0 atom stereocenters. The maximum atomic E-state index is 5.86. The molecular weight excluding hydrogens is 250 g/mol. The van der Waals surface area contributed by atoms with E-state index in [1.54, 1.807) is 0 Å². The van der Waals surface area contributed by atoms with Gasteiger partial charge in [0.1, 0.15) is 11.6 Å². The second kappa shape index (κ2) is 7.31. The fraction of sp³-hybridized carbons (Fsp3) is 0.733. The largest absolute Gasteiger partial charge is 0.370 e. The Bertz CT molecular complexity index is 415. The quantitative estimate of drug-likeness (QED) is 0.836. The first-order chi connectivity index (χ1) is 9.74. The Hall–Kier alpha value is -1.52. The average molecular weight is 277 g/mol. The van der Waals surface area contributed by atoms with Crippen LogP contribution in [0.1, 0.15) is 52.4 Å². The number of anilines is 3. The SMILES string of the molecule is CCCNc1cc(N(CC)C2CCCCC2)nc(N)n1. The van der Waals surface area contributed by atoms with Gasteiger partial charge < -0.3 is 16.0 Å². The standard InChI is InChI=1S/C15H27N5/c1-3-10-17-13-11-14(19-15(16)18-13)20(4-2)12-8-6-5-7-9-12/h11-12H,3-10H2,1-2H3,(H3,16,17,18,19). The molecule has 1 fully saturated rings. The first kappa shape index (κ1) is 14.9. The minimum Gasteiger partial charge on any atom is -0.370 e. The number of aromatic nitrogens is 2. The van der Waals surface area contributed by atoms with E-state index in [2.05, 4.69) is 34.0 Å². The maximum absolute atomic E-state index is 5.86. The van der Waals surface area contributed by atoms with Crippen molar-refractivity contribution in [2.75, 3.05) is 29.0 Å². The fourth-order valence-electron chi connectivity index (χ4n) is 2.94. The van der Waals surface area contributed by atoms with Gasteiger partial charge in [-0.2, -0.15) is 9.97 Å². The van der Waals surface area contributed by atoms with E-state index < -0.39 is 0 Å². The van der Waals surface area contributed by atoms with Gasteiger partial charge in [-0.05, 0) is 26.2 Å². The smallest absolute Gasteiger partial charge is 0.223 e. The minimum absolute atomic E-state index is 0.357. The van der Waals surface area contributed by atoms with Gasteiger partial charge >= 0.3 is 0 Å². The molecule has 1 heterocycles. The van der Waals surface area contributed by atoms with Crippen LogP contribution in [-0.4, -0.2) is 29.1 Å². The summed E-state index contributed by atoms with van der Waals surface area (Å²) in [6.45, 7) is 6.20. The second-order valence-corrected chi connectivity index (χ2v) is 5.47. The molecule has 20 heavy (non-hydrogen) atoms. The molecular formula is C15H27N5. The molecule has 1 aliphatic rings. The van der Waals surface area contributed by atoms with Crippen LogP contribution >= 0.6 is 0 Å². The summed E-state index contributed by atoms with van der Waals surface area (Å²) in [6, 6.07) is 2.63. The predicted octanol–water partition coefficient (Wildman–Crippen LogP) is 3.04. The molecule has 1 aromatic heterocycles. The van der Waals surface area contributed by atoms with E-state index >= 15 is 0 Å². The number of hydrogen-bond acceptors (Lipinski definition) is 5. The Morgan fingerprint density at radius 2 is 2.00 bits per heavy atom. The monoisotopic (exact) mass is 277 g/mol. The van der Waals surface area contributed by atoms with E-state index in [1.807, 2.05) is 6.07 Å². The first-order valence-corrected chi connectivity index (χ1v) is 7.89. The maximum Gasteiger partial charge on any atom is 0.223 e. The van der Waals surface area contributed by atoms with Crippen molar-refractivity contribution in [3.63, 3.8) is 0 Å². The van der Waals surface area contributed by atoms with Gasteiger partial charge in [-0.1, -0.05) is 26.2 Å². The van der Waals surface area contributed by atoms with Crippen molar-refractivity contribution in [2.24, 2.45) is 0 Å². The summed E-state index contributed by atoms with van der Waals surface area (Å²) in [5.74, 6) is 2.16. The molecule has 1 aromatic rings. The molecule has 5 nitrogen and oxygen atoms in total. The van der Waals surface area contributed by atoms with Crippen LogP contribution in [0.15, 0.2) is 6.07 Å². The fourth-order valence-corrected chi connectivity index (χ4v) is 2.94. The lowest BCUT2D eigenvalue weighted by atomic mass is 9.94. The highest BCUT2D eigenvalue weighted by molar-refractivity contribution is 5.53. The highest BCUT2D eigenvalue weighted by atomic mass is 15.2. The molecule has 0 bridgehead atoms. The third-order valence-corrected chi connectivity index (χ3v) is 3.94. The highest BCUT2D eigenvalue weighted by Crippen LogP contribution is 2.27. The van der Waals surface area contributed by atoms with Crippen LogP contribution in [0.5, 0.6) is 0 Å². The van der Waals surface area contributed by atoms with Crippen molar-refractivity contribution < 1.29 is 0 Å². The number of nitrogen functional groups attached to an aromatic ring is 1. The Morgan fingerprint density at radius 1 is 1.25 bits per heavy atom. The summed E-state index contributed by atoms with van der Waals surface area (Å²) >= 11 is 0. The summed E-state index contributed by atoms with van der Waals surface area (Å²) in [4.78, 5) is 11.1. The van der Waals surface area contributed by atoms with Crippen molar-refractivity contribution in [1.29, 1.82) is 0 Å². The highest BCUT2D eigenvalue weighted by Gasteiger charge is 2.21. The van der Waals surface area contributed by atoms with E-state index in [-0.39, 0.29) is 0 Å². The van der Waals surface area contributed by atoms with Crippen molar-refractivity contribution in [3.05, 3.63) is 6.07 Å². The van der Waals surface area contributed by atoms with Crippen molar-refractivity contribution in [2.45, 2.75) is 58.4 Å². The van der Waals surface area contributed by atoms with E-state index in [9.17, 15) is 0 Å². The van der Waals surface area contributed by atoms with Crippen LogP contribution in [0.4, 0.5) is 17.6 Å². The van der Waals surface area contributed by atoms with Crippen LogP contribution < -0.4 is 16.0 Å². The lowest BCUT2D eigenvalue weighted by Gasteiger charge is -2.34. The van der Waals surface area contributed by atoms with Gasteiger partial charge in [-0.3, -0.25) is 0 Å². The van der Waals surface area contributed by atoms with Gasteiger partial charge in [0.15, 0.2) is 0 Å². The second-order valence-electron chi connectivity index (χ2n) is 5.47. The first-order valence-electron chi connectivity index (χ1n) is 7.89. The molecule has 0 amide bonds. The molecule has 112 valence electrons.